The third kappa shape index (κ3) is 3.92. The van der Waals surface area contributed by atoms with Gasteiger partial charge in [-0.2, -0.15) is 5.10 Å². The molecule has 0 spiro atoms. The van der Waals surface area contributed by atoms with Crippen molar-refractivity contribution < 1.29 is 4.74 Å². The van der Waals surface area contributed by atoms with E-state index in [1.807, 2.05) is 67.6 Å². The number of nitrogens with two attached hydrogens (primary N) is 1. The summed E-state index contributed by atoms with van der Waals surface area (Å²) in [7, 11) is 0. The Morgan fingerprint density at radius 3 is 2.24 bits per heavy atom. The van der Waals surface area contributed by atoms with Crippen molar-refractivity contribution in [3.8, 4) is 22.4 Å². The topological polar surface area (TPSA) is 61.0 Å². The molecule has 1 aromatic heterocycles. The Hall–Kier alpha value is -2.98. The first kappa shape index (κ1) is 16.9. The van der Waals surface area contributed by atoms with Crippen LogP contribution in [0.4, 0.5) is 0 Å². The summed E-state index contributed by atoms with van der Waals surface area (Å²) in [5.41, 5.74) is 10.3. The van der Waals surface area contributed by atoms with E-state index in [1.54, 1.807) is 6.20 Å². The highest BCUT2D eigenvalue weighted by molar-refractivity contribution is 5.86. The van der Waals surface area contributed by atoms with Gasteiger partial charge in [-0.25, -0.2) is 0 Å². The van der Waals surface area contributed by atoms with E-state index >= 15 is 0 Å². The van der Waals surface area contributed by atoms with E-state index in [4.69, 9.17) is 10.5 Å². The van der Waals surface area contributed by atoms with Crippen LogP contribution in [0.3, 0.4) is 0 Å². The van der Waals surface area contributed by atoms with Crippen LogP contribution >= 0.6 is 0 Å². The van der Waals surface area contributed by atoms with Crippen molar-refractivity contribution in [3.05, 3.63) is 79.0 Å². The van der Waals surface area contributed by atoms with Gasteiger partial charge in [-0.05, 0) is 12.5 Å². The molecule has 1 atom stereocenters. The molecule has 0 amide bonds. The van der Waals surface area contributed by atoms with Gasteiger partial charge in [-0.1, -0.05) is 67.2 Å². The number of benzene rings is 2. The highest BCUT2D eigenvalue weighted by Crippen LogP contribution is 2.34. The molecule has 2 N–H and O–H groups in total. The summed E-state index contributed by atoms with van der Waals surface area (Å²) < 4.78 is 5.83. The van der Waals surface area contributed by atoms with E-state index in [2.05, 4.69) is 16.8 Å². The Kier molecular flexibility index (Phi) is 5.21. The van der Waals surface area contributed by atoms with Gasteiger partial charge in [-0.15, -0.1) is 5.10 Å². The predicted molar refractivity (Wildman–Crippen MR) is 102 cm³/mol. The van der Waals surface area contributed by atoms with Gasteiger partial charge in [-0.3, -0.25) is 0 Å². The Labute approximate surface area is 148 Å². The zero-order chi connectivity index (χ0) is 17.6. The molecule has 0 fully saturated rings. The summed E-state index contributed by atoms with van der Waals surface area (Å²) in [5, 5.41) is 8.57. The quantitative estimate of drug-likeness (QED) is 0.689. The largest absolute Gasteiger partial charge is 0.492 e. The molecule has 2 aromatic carbocycles. The Balaban J connectivity index is 2.14. The minimum atomic E-state index is -0.0769. The fraction of sp³-hybridized carbons (Fsp3) is 0.143. The van der Waals surface area contributed by atoms with Crippen LogP contribution in [0.25, 0.3) is 28.1 Å². The molecule has 25 heavy (non-hydrogen) atoms. The maximum absolute atomic E-state index is 5.83. The number of ether oxygens (including phenoxy) is 1. The average molecular weight is 331 g/mol. The third-order valence-electron chi connectivity index (χ3n) is 3.78. The summed E-state index contributed by atoms with van der Waals surface area (Å²) in [6.07, 6.45) is 1.75. The molecule has 0 saturated carbocycles. The molecule has 126 valence electrons. The van der Waals surface area contributed by atoms with Crippen molar-refractivity contribution in [1.82, 2.24) is 10.2 Å². The molecular weight excluding hydrogens is 310 g/mol. The van der Waals surface area contributed by atoms with E-state index in [0.717, 1.165) is 27.9 Å². The molecule has 0 radical (unpaired) electrons. The van der Waals surface area contributed by atoms with Gasteiger partial charge in [0, 0.05) is 17.2 Å². The third-order valence-corrected chi connectivity index (χ3v) is 3.78. The summed E-state index contributed by atoms with van der Waals surface area (Å²) in [6.45, 7) is 6.41. The van der Waals surface area contributed by atoms with E-state index < -0.39 is 0 Å². The van der Waals surface area contributed by atoms with E-state index in [1.165, 1.54) is 0 Å². The molecule has 0 aliphatic rings. The SMILES string of the molecule is C=C(OCC(C)N)c1c(-c2ccccc2)cnnc1-c1ccccc1. The first-order valence-corrected chi connectivity index (χ1v) is 8.21. The van der Waals surface area contributed by atoms with Crippen molar-refractivity contribution in [1.29, 1.82) is 0 Å². The zero-order valence-electron chi connectivity index (χ0n) is 14.2. The second-order valence-electron chi connectivity index (χ2n) is 5.93. The van der Waals surface area contributed by atoms with Crippen LogP contribution in [0.2, 0.25) is 0 Å². The second-order valence-corrected chi connectivity index (χ2v) is 5.93. The van der Waals surface area contributed by atoms with Gasteiger partial charge in [0.25, 0.3) is 0 Å². The number of hydrogen-bond acceptors (Lipinski definition) is 4. The average Bonchev–Trinajstić information content (AvgIpc) is 2.67. The maximum Gasteiger partial charge on any atom is 0.122 e. The van der Waals surface area contributed by atoms with Gasteiger partial charge < -0.3 is 10.5 Å². The summed E-state index contributed by atoms with van der Waals surface area (Å²) >= 11 is 0. The molecule has 3 rings (SSSR count). The minimum Gasteiger partial charge on any atom is -0.492 e. The molecular formula is C21H21N3O. The lowest BCUT2D eigenvalue weighted by atomic mass is 9.96. The Morgan fingerprint density at radius 1 is 1.04 bits per heavy atom. The smallest absolute Gasteiger partial charge is 0.122 e. The zero-order valence-corrected chi connectivity index (χ0v) is 14.2. The van der Waals surface area contributed by atoms with E-state index in [9.17, 15) is 0 Å². The molecule has 1 unspecified atom stereocenters. The van der Waals surface area contributed by atoms with Crippen molar-refractivity contribution >= 4 is 5.76 Å². The van der Waals surface area contributed by atoms with Gasteiger partial charge in [0.2, 0.25) is 0 Å². The minimum absolute atomic E-state index is 0.0769. The van der Waals surface area contributed by atoms with Crippen LogP contribution in [-0.4, -0.2) is 22.8 Å². The lowest BCUT2D eigenvalue weighted by Crippen LogP contribution is -2.21. The van der Waals surface area contributed by atoms with Crippen LogP contribution in [0.5, 0.6) is 0 Å². The number of hydrogen-bond donors (Lipinski definition) is 1. The van der Waals surface area contributed by atoms with Gasteiger partial charge >= 0.3 is 0 Å². The fourth-order valence-corrected chi connectivity index (χ4v) is 2.61. The number of rotatable bonds is 6. The van der Waals surface area contributed by atoms with Crippen molar-refractivity contribution in [2.45, 2.75) is 13.0 Å². The van der Waals surface area contributed by atoms with Crippen LogP contribution in [0.1, 0.15) is 12.5 Å². The van der Waals surface area contributed by atoms with Crippen molar-refractivity contribution in [2.75, 3.05) is 6.61 Å². The van der Waals surface area contributed by atoms with Crippen LogP contribution in [0, 0.1) is 0 Å². The Bertz CT molecular complexity index is 788. The second kappa shape index (κ2) is 7.73. The predicted octanol–water partition coefficient (Wildman–Crippen LogP) is 4.15. The van der Waals surface area contributed by atoms with Crippen LogP contribution in [0.15, 0.2) is 73.4 Å². The lowest BCUT2D eigenvalue weighted by molar-refractivity contribution is 0.259. The molecule has 0 saturated heterocycles. The van der Waals surface area contributed by atoms with Crippen LogP contribution < -0.4 is 5.73 Å². The van der Waals surface area contributed by atoms with Gasteiger partial charge in [0.05, 0.1) is 11.8 Å². The molecule has 4 heteroatoms. The highest BCUT2D eigenvalue weighted by atomic mass is 16.5. The fourth-order valence-electron chi connectivity index (χ4n) is 2.61. The van der Waals surface area contributed by atoms with Gasteiger partial charge in [0.15, 0.2) is 0 Å². The van der Waals surface area contributed by atoms with Crippen LogP contribution in [-0.2, 0) is 4.74 Å². The molecule has 0 aliphatic carbocycles. The highest BCUT2D eigenvalue weighted by Gasteiger charge is 2.18. The molecule has 1 heterocycles. The molecule has 3 aromatic rings. The monoisotopic (exact) mass is 331 g/mol. The first-order valence-electron chi connectivity index (χ1n) is 8.21. The number of aromatic nitrogens is 2. The number of nitrogens with zero attached hydrogens (tertiary/aromatic N) is 2. The summed E-state index contributed by atoms with van der Waals surface area (Å²) in [4.78, 5) is 0. The van der Waals surface area contributed by atoms with Crippen molar-refractivity contribution in [3.63, 3.8) is 0 Å². The Morgan fingerprint density at radius 2 is 1.64 bits per heavy atom. The summed E-state index contributed by atoms with van der Waals surface area (Å²) in [5.74, 6) is 0.546. The molecule has 0 bridgehead atoms. The molecule has 0 aliphatic heterocycles. The van der Waals surface area contributed by atoms with Gasteiger partial charge in [0.1, 0.15) is 18.1 Å². The first-order chi connectivity index (χ1) is 12.2. The van der Waals surface area contributed by atoms with E-state index in [-0.39, 0.29) is 6.04 Å². The van der Waals surface area contributed by atoms with Crippen molar-refractivity contribution in [2.24, 2.45) is 5.73 Å². The maximum atomic E-state index is 5.83. The summed E-state index contributed by atoms with van der Waals surface area (Å²) in [6, 6.07) is 19.9. The normalized spacial score (nSPS) is 11.8. The lowest BCUT2D eigenvalue weighted by Gasteiger charge is -2.17. The standard InChI is InChI=1S/C21H21N3O/c1-15(22)14-25-16(2)20-19(17-9-5-3-6-10-17)13-23-24-21(20)18-11-7-4-8-12-18/h3-13,15H,2,14,22H2,1H3. The van der Waals surface area contributed by atoms with E-state index in [0.29, 0.717) is 12.4 Å². The molecule has 4 nitrogen and oxygen atoms in total.